The summed E-state index contributed by atoms with van der Waals surface area (Å²) in [6.07, 6.45) is 0.506. The van der Waals surface area contributed by atoms with E-state index in [9.17, 15) is 9.90 Å². The molecule has 1 saturated heterocycles. The normalized spacial score (nSPS) is 19.6. The van der Waals surface area contributed by atoms with Gasteiger partial charge in [0.2, 0.25) is 5.91 Å². The Morgan fingerprint density at radius 3 is 2.88 bits per heavy atom. The minimum atomic E-state index is -0.450. The van der Waals surface area contributed by atoms with Gasteiger partial charge in [-0.25, -0.2) is 10.9 Å². The van der Waals surface area contributed by atoms with E-state index in [0.29, 0.717) is 22.9 Å². The molecule has 6 nitrogen and oxygen atoms in total. The standard InChI is InChI=1S/C18H20ClN3O3/c1-10-4-3-5-12(17(10)23)13-9-15(22-21-13)18(24)20-14-8-11(19)6-7-16(14)25-2/h3-8,13,15,21-23H,9H2,1-2H3,(H,20,24). The lowest BCUT2D eigenvalue weighted by atomic mass is 9.99. The first-order chi connectivity index (χ1) is 12.0. The van der Waals surface area contributed by atoms with Crippen LogP contribution in [0, 0.1) is 6.92 Å². The van der Waals surface area contributed by atoms with E-state index in [2.05, 4.69) is 16.2 Å². The van der Waals surface area contributed by atoms with Crippen LogP contribution in [-0.2, 0) is 4.79 Å². The number of hydrogen-bond acceptors (Lipinski definition) is 5. The number of phenols is 1. The van der Waals surface area contributed by atoms with Crippen molar-refractivity contribution in [3.05, 3.63) is 52.5 Å². The minimum absolute atomic E-state index is 0.156. The van der Waals surface area contributed by atoms with Crippen LogP contribution >= 0.6 is 11.6 Å². The Morgan fingerprint density at radius 2 is 2.12 bits per heavy atom. The number of carbonyl (C=O) groups is 1. The van der Waals surface area contributed by atoms with Crippen molar-refractivity contribution in [2.45, 2.75) is 25.4 Å². The second-order valence-corrected chi connectivity index (χ2v) is 6.41. The molecule has 7 heteroatoms. The number of carbonyl (C=O) groups excluding carboxylic acids is 1. The predicted octanol–water partition coefficient (Wildman–Crippen LogP) is 2.91. The number of hydrazine groups is 1. The van der Waals surface area contributed by atoms with E-state index >= 15 is 0 Å². The number of nitrogens with one attached hydrogen (secondary N) is 3. The fourth-order valence-electron chi connectivity index (χ4n) is 2.89. The van der Waals surface area contributed by atoms with Crippen molar-refractivity contribution in [2.75, 3.05) is 12.4 Å². The lowest BCUT2D eigenvalue weighted by molar-refractivity contribution is -0.117. The van der Waals surface area contributed by atoms with Crippen molar-refractivity contribution in [2.24, 2.45) is 0 Å². The Morgan fingerprint density at radius 1 is 1.32 bits per heavy atom. The first-order valence-corrected chi connectivity index (χ1v) is 8.31. The topological polar surface area (TPSA) is 82.6 Å². The highest BCUT2D eigenvalue weighted by Crippen LogP contribution is 2.32. The summed E-state index contributed by atoms with van der Waals surface area (Å²) in [5.41, 5.74) is 8.13. The summed E-state index contributed by atoms with van der Waals surface area (Å²) in [6, 6.07) is 10.0. The monoisotopic (exact) mass is 361 g/mol. The number of benzene rings is 2. The van der Waals surface area contributed by atoms with Gasteiger partial charge in [-0.15, -0.1) is 0 Å². The summed E-state index contributed by atoms with van der Waals surface area (Å²) in [5.74, 6) is 0.582. The Hall–Kier alpha value is -2.28. The molecule has 25 heavy (non-hydrogen) atoms. The molecule has 0 bridgehead atoms. The summed E-state index contributed by atoms with van der Waals surface area (Å²) < 4.78 is 5.24. The highest BCUT2D eigenvalue weighted by Gasteiger charge is 2.32. The number of aryl methyl sites for hydroxylation is 1. The van der Waals surface area contributed by atoms with Gasteiger partial charge in [0.05, 0.1) is 18.8 Å². The molecule has 0 radical (unpaired) electrons. The van der Waals surface area contributed by atoms with Crippen LogP contribution in [0.3, 0.4) is 0 Å². The highest BCUT2D eigenvalue weighted by atomic mass is 35.5. The van der Waals surface area contributed by atoms with Crippen molar-refractivity contribution >= 4 is 23.2 Å². The molecule has 0 spiro atoms. The van der Waals surface area contributed by atoms with E-state index < -0.39 is 6.04 Å². The van der Waals surface area contributed by atoms with Gasteiger partial charge in [0.1, 0.15) is 17.5 Å². The van der Waals surface area contributed by atoms with Crippen LogP contribution < -0.4 is 20.9 Å². The van der Waals surface area contributed by atoms with Crippen molar-refractivity contribution in [1.82, 2.24) is 10.9 Å². The molecule has 2 aromatic carbocycles. The number of methoxy groups -OCH3 is 1. The van der Waals surface area contributed by atoms with E-state index in [1.54, 1.807) is 18.2 Å². The number of halogens is 1. The molecular formula is C18H20ClN3O3. The molecule has 1 aliphatic rings. The van der Waals surface area contributed by atoms with Gasteiger partial charge < -0.3 is 15.2 Å². The molecule has 0 aromatic heterocycles. The second-order valence-electron chi connectivity index (χ2n) is 5.98. The first-order valence-electron chi connectivity index (χ1n) is 7.93. The van der Waals surface area contributed by atoms with Crippen molar-refractivity contribution in [3.63, 3.8) is 0 Å². The lowest BCUT2D eigenvalue weighted by Gasteiger charge is -2.14. The highest BCUT2D eigenvalue weighted by molar-refractivity contribution is 6.31. The van der Waals surface area contributed by atoms with Crippen molar-refractivity contribution in [3.8, 4) is 11.5 Å². The summed E-state index contributed by atoms with van der Waals surface area (Å²) in [6.45, 7) is 1.84. The number of amides is 1. The molecule has 2 atom stereocenters. The third-order valence-electron chi connectivity index (χ3n) is 4.28. The predicted molar refractivity (Wildman–Crippen MR) is 96.9 cm³/mol. The largest absolute Gasteiger partial charge is 0.507 e. The molecular weight excluding hydrogens is 342 g/mol. The van der Waals surface area contributed by atoms with Gasteiger partial charge >= 0.3 is 0 Å². The maximum absolute atomic E-state index is 12.5. The molecule has 1 fully saturated rings. The molecule has 0 saturated carbocycles. The summed E-state index contributed by atoms with van der Waals surface area (Å²) in [7, 11) is 1.53. The van der Waals surface area contributed by atoms with E-state index in [1.165, 1.54) is 7.11 Å². The average Bonchev–Trinajstić information content (AvgIpc) is 3.07. The minimum Gasteiger partial charge on any atom is -0.507 e. The number of rotatable bonds is 4. The Labute approximate surface area is 151 Å². The van der Waals surface area contributed by atoms with Crippen LogP contribution in [0.1, 0.15) is 23.6 Å². The SMILES string of the molecule is COc1ccc(Cl)cc1NC(=O)C1CC(c2cccc(C)c2O)NN1. The third kappa shape index (κ3) is 3.71. The van der Waals surface area contributed by atoms with E-state index in [1.807, 2.05) is 25.1 Å². The van der Waals surface area contributed by atoms with Crippen LogP contribution in [0.15, 0.2) is 36.4 Å². The summed E-state index contributed by atoms with van der Waals surface area (Å²) in [5, 5.41) is 13.6. The number of hydrogen-bond donors (Lipinski definition) is 4. The zero-order valence-corrected chi connectivity index (χ0v) is 14.7. The quantitative estimate of drug-likeness (QED) is 0.673. The average molecular weight is 362 g/mol. The summed E-state index contributed by atoms with van der Waals surface area (Å²) in [4.78, 5) is 12.5. The fourth-order valence-corrected chi connectivity index (χ4v) is 3.06. The van der Waals surface area contributed by atoms with Gasteiger partial charge in [-0.3, -0.25) is 4.79 Å². The zero-order valence-electron chi connectivity index (χ0n) is 14.0. The van der Waals surface area contributed by atoms with E-state index in [4.69, 9.17) is 16.3 Å². The smallest absolute Gasteiger partial charge is 0.243 e. The zero-order chi connectivity index (χ0) is 18.0. The molecule has 2 aromatic rings. The van der Waals surface area contributed by atoms with Gasteiger partial charge in [0.15, 0.2) is 0 Å². The van der Waals surface area contributed by atoms with Gasteiger partial charge in [0.25, 0.3) is 0 Å². The van der Waals surface area contributed by atoms with Crippen LogP contribution in [0.25, 0.3) is 0 Å². The molecule has 4 N–H and O–H groups in total. The molecule has 0 aliphatic carbocycles. The van der Waals surface area contributed by atoms with Crippen LogP contribution in [0.2, 0.25) is 5.02 Å². The fraction of sp³-hybridized carbons (Fsp3) is 0.278. The number of anilines is 1. The first kappa shape index (κ1) is 17.5. The number of ether oxygens (including phenoxy) is 1. The second kappa shape index (κ2) is 7.31. The molecule has 132 valence electrons. The number of para-hydroxylation sites is 1. The van der Waals surface area contributed by atoms with Crippen molar-refractivity contribution in [1.29, 1.82) is 0 Å². The third-order valence-corrected chi connectivity index (χ3v) is 4.52. The number of phenolic OH excluding ortho intramolecular Hbond substituents is 1. The Bertz CT molecular complexity index is 797. The molecule has 1 aliphatic heterocycles. The van der Waals surface area contributed by atoms with Gasteiger partial charge in [0, 0.05) is 10.6 Å². The van der Waals surface area contributed by atoms with Crippen LogP contribution in [0.5, 0.6) is 11.5 Å². The molecule has 2 unspecified atom stereocenters. The van der Waals surface area contributed by atoms with Crippen molar-refractivity contribution < 1.29 is 14.6 Å². The number of aromatic hydroxyl groups is 1. The van der Waals surface area contributed by atoms with Crippen LogP contribution in [0.4, 0.5) is 5.69 Å². The van der Waals surface area contributed by atoms with Gasteiger partial charge in [-0.05, 0) is 37.1 Å². The maximum Gasteiger partial charge on any atom is 0.243 e. The summed E-state index contributed by atoms with van der Waals surface area (Å²) >= 11 is 5.99. The maximum atomic E-state index is 12.5. The lowest BCUT2D eigenvalue weighted by Crippen LogP contribution is -2.39. The molecule has 1 amide bonds. The van der Waals surface area contributed by atoms with E-state index in [0.717, 1.165) is 11.1 Å². The van der Waals surface area contributed by atoms with Gasteiger partial charge in [-0.2, -0.15) is 0 Å². The Kier molecular flexibility index (Phi) is 5.13. The Balaban J connectivity index is 1.71. The van der Waals surface area contributed by atoms with E-state index in [-0.39, 0.29) is 17.7 Å². The van der Waals surface area contributed by atoms with Gasteiger partial charge in [-0.1, -0.05) is 29.8 Å². The molecule has 1 heterocycles. The van der Waals surface area contributed by atoms with Crippen LogP contribution in [-0.4, -0.2) is 24.2 Å². The molecule has 3 rings (SSSR count).